The number of aryl methyl sites for hydroxylation is 1. The molecule has 118 valence electrons. The fourth-order valence-corrected chi connectivity index (χ4v) is 3.20. The van der Waals surface area contributed by atoms with Crippen LogP contribution in [0.2, 0.25) is 0 Å². The SMILES string of the molecule is CCCn1ncc(C(=O)NCC(C)(O)CSC)c1C1CC1. The zero-order valence-corrected chi connectivity index (χ0v) is 13.9. The van der Waals surface area contributed by atoms with Crippen LogP contribution in [-0.2, 0) is 6.54 Å². The molecular weight excluding hydrogens is 286 g/mol. The molecule has 1 aromatic rings. The van der Waals surface area contributed by atoms with Crippen LogP contribution in [0.1, 0.15) is 55.1 Å². The first-order chi connectivity index (χ1) is 9.98. The number of hydrogen-bond acceptors (Lipinski definition) is 4. The molecule has 1 amide bonds. The number of nitrogens with one attached hydrogen (secondary N) is 1. The van der Waals surface area contributed by atoms with Crippen molar-refractivity contribution in [3.63, 3.8) is 0 Å². The van der Waals surface area contributed by atoms with Crippen LogP contribution in [-0.4, -0.2) is 44.9 Å². The van der Waals surface area contributed by atoms with E-state index in [0.29, 0.717) is 17.2 Å². The molecule has 1 aliphatic rings. The molecule has 6 heteroatoms. The second-order valence-corrected chi connectivity index (χ2v) is 6.92. The van der Waals surface area contributed by atoms with Gasteiger partial charge < -0.3 is 10.4 Å². The van der Waals surface area contributed by atoms with Gasteiger partial charge in [-0.2, -0.15) is 16.9 Å². The largest absolute Gasteiger partial charge is 0.387 e. The van der Waals surface area contributed by atoms with E-state index in [1.54, 1.807) is 24.9 Å². The highest BCUT2D eigenvalue weighted by atomic mass is 32.2. The summed E-state index contributed by atoms with van der Waals surface area (Å²) in [6.45, 7) is 4.96. The molecule has 0 radical (unpaired) electrons. The van der Waals surface area contributed by atoms with E-state index in [2.05, 4.69) is 17.3 Å². The zero-order valence-electron chi connectivity index (χ0n) is 13.1. The van der Waals surface area contributed by atoms with Gasteiger partial charge in [-0.05, 0) is 32.4 Å². The van der Waals surface area contributed by atoms with Gasteiger partial charge in [0.1, 0.15) is 0 Å². The van der Waals surface area contributed by atoms with E-state index < -0.39 is 5.60 Å². The highest BCUT2D eigenvalue weighted by Gasteiger charge is 2.32. The molecule has 5 nitrogen and oxygen atoms in total. The van der Waals surface area contributed by atoms with Crippen molar-refractivity contribution < 1.29 is 9.90 Å². The minimum Gasteiger partial charge on any atom is -0.387 e. The molecule has 2 N–H and O–H groups in total. The third kappa shape index (κ3) is 4.23. The smallest absolute Gasteiger partial charge is 0.254 e. The molecule has 0 aromatic carbocycles. The molecule has 1 aliphatic carbocycles. The van der Waals surface area contributed by atoms with Crippen molar-refractivity contribution in [3.8, 4) is 0 Å². The van der Waals surface area contributed by atoms with Crippen molar-refractivity contribution in [1.82, 2.24) is 15.1 Å². The topological polar surface area (TPSA) is 67.2 Å². The van der Waals surface area contributed by atoms with Crippen molar-refractivity contribution in [3.05, 3.63) is 17.5 Å². The molecule has 1 aromatic heterocycles. The van der Waals surface area contributed by atoms with Crippen molar-refractivity contribution in [2.45, 2.75) is 51.2 Å². The molecule has 0 saturated heterocycles. The molecule has 1 heterocycles. The molecule has 2 rings (SSSR count). The van der Waals surface area contributed by atoms with Gasteiger partial charge in [0.2, 0.25) is 0 Å². The number of carbonyl (C=O) groups excluding carboxylic acids is 1. The molecular formula is C15H25N3O2S. The Hall–Kier alpha value is -1.01. The van der Waals surface area contributed by atoms with Crippen molar-refractivity contribution in [2.75, 3.05) is 18.6 Å². The molecule has 0 bridgehead atoms. The van der Waals surface area contributed by atoms with Crippen LogP contribution in [0.3, 0.4) is 0 Å². The van der Waals surface area contributed by atoms with Gasteiger partial charge in [-0.25, -0.2) is 0 Å². The Morgan fingerprint density at radius 2 is 2.33 bits per heavy atom. The lowest BCUT2D eigenvalue weighted by molar-refractivity contribution is 0.0724. The van der Waals surface area contributed by atoms with E-state index >= 15 is 0 Å². The second kappa shape index (κ2) is 6.83. The van der Waals surface area contributed by atoms with E-state index in [-0.39, 0.29) is 12.5 Å². The van der Waals surface area contributed by atoms with Gasteiger partial charge in [0.05, 0.1) is 23.1 Å². The summed E-state index contributed by atoms with van der Waals surface area (Å²) in [6, 6.07) is 0. The number of amides is 1. The second-order valence-electron chi connectivity index (χ2n) is 6.05. The van der Waals surface area contributed by atoms with Crippen molar-refractivity contribution in [1.29, 1.82) is 0 Å². The number of hydrogen-bond donors (Lipinski definition) is 2. The van der Waals surface area contributed by atoms with Crippen molar-refractivity contribution in [2.24, 2.45) is 0 Å². The monoisotopic (exact) mass is 311 g/mol. The van der Waals surface area contributed by atoms with Crippen LogP contribution in [0.15, 0.2) is 6.20 Å². The fraction of sp³-hybridized carbons (Fsp3) is 0.733. The highest BCUT2D eigenvalue weighted by molar-refractivity contribution is 7.98. The third-order valence-corrected chi connectivity index (χ3v) is 4.52. The molecule has 1 unspecified atom stereocenters. The van der Waals surface area contributed by atoms with Gasteiger partial charge in [-0.3, -0.25) is 9.48 Å². The third-order valence-electron chi connectivity index (χ3n) is 3.61. The van der Waals surface area contributed by atoms with E-state index in [9.17, 15) is 9.90 Å². The minimum absolute atomic E-state index is 0.124. The fourth-order valence-electron chi connectivity index (χ4n) is 2.48. The van der Waals surface area contributed by atoms with Gasteiger partial charge in [0, 0.05) is 24.8 Å². The number of aliphatic hydroxyl groups is 1. The molecule has 0 aliphatic heterocycles. The van der Waals surface area contributed by atoms with Crippen LogP contribution in [0.4, 0.5) is 0 Å². The summed E-state index contributed by atoms with van der Waals surface area (Å²) >= 11 is 1.57. The Balaban J connectivity index is 2.05. The summed E-state index contributed by atoms with van der Waals surface area (Å²) in [7, 11) is 0. The van der Waals surface area contributed by atoms with E-state index in [1.165, 1.54) is 0 Å². The maximum atomic E-state index is 12.4. The molecule has 0 spiro atoms. The maximum absolute atomic E-state index is 12.4. The van der Waals surface area contributed by atoms with Gasteiger partial charge in [0.25, 0.3) is 5.91 Å². The van der Waals surface area contributed by atoms with E-state index in [0.717, 1.165) is 31.5 Å². The number of rotatable bonds is 8. The average molecular weight is 311 g/mol. The first kappa shape index (κ1) is 16.4. The lowest BCUT2D eigenvalue weighted by atomic mass is 10.1. The maximum Gasteiger partial charge on any atom is 0.254 e. The van der Waals surface area contributed by atoms with E-state index in [1.807, 2.05) is 10.9 Å². The van der Waals surface area contributed by atoms with Crippen molar-refractivity contribution >= 4 is 17.7 Å². The predicted octanol–water partition coefficient (Wildman–Crippen LogP) is 2.01. The first-order valence-electron chi connectivity index (χ1n) is 7.53. The van der Waals surface area contributed by atoms with Crippen LogP contribution in [0.5, 0.6) is 0 Å². The predicted molar refractivity (Wildman–Crippen MR) is 85.8 cm³/mol. The lowest BCUT2D eigenvalue weighted by Gasteiger charge is -2.22. The Labute approximate surface area is 130 Å². The number of aromatic nitrogens is 2. The standard InChI is InChI=1S/C15H25N3O2S/c1-4-7-18-13(11-5-6-11)12(8-17-18)14(19)16-9-15(2,20)10-21-3/h8,11,20H,4-7,9-10H2,1-3H3,(H,16,19). The van der Waals surface area contributed by atoms with Crippen LogP contribution >= 0.6 is 11.8 Å². The van der Waals surface area contributed by atoms with Crippen LogP contribution < -0.4 is 5.32 Å². The quantitative estimate of drug-likeness (QED) is 0.771. The zero-order chi connectivity index (χ0) is 15.5. The summed E-state index contributed by atoms with van der Waals surface area (Å²) in [5.41, 5.74) is 0.860. The molecule has 1 atom stereocenters. The summed E-state index contributed by atoms with van der Waals surface area (Å²) < 4.78 is 1.96. The first-order valence-corrected chi connectivity index (χ1v) is 8.93. The Kier molecular flexibility index (Phi) is 5.32. The van der Waals surface area contributed by atoms with Gasteiger partial charge >= 0.3 is 0 Å². The Bertz CT molecular complexity index is 495. The molecule has 1 fully saturated rings. The Morgan fingerprint density at radius 1 is 1.62 bits per heavy atom. The number of thioether (sulfide) groups is 1. The van der Waals surface area contributed by atoms with Gasteiger partial charge in [0.15, 0.2) is 0 Å². The lowest BCUT2D eigenvalue weighted by Crippen LogP contribution is -2.42. The normalized spacial score (nSPS) is 17.5. The molecule has 21 heavy (non-hydrogen) atoms. The van der Waals surface area contributed by atoms with Gasteiger partial charge in [-0.1, -0.05) is 6.92 Å². The highest BCUT2D eigenvalue weighted by Crippen LogP contribution is 2.41. The minimum atomic E-state index is -0.881. The summed E-state index contributed by atoms with van der Waals surface area (Å²) in [6.07, 6.45) is 6.89. The van der Waals surface area contributed by atoms with E-state index in [4.69, 9.17) is 0 Å². The summed E-state index contributed by atoms with van der Waals surface area (Å²) in [5, 5.41) is 17.3. The van der Waals surface area contributed by atoms with Crippen LogP contribution in [0, 0.1) is 0 Å². The van der Waals surface area contributed by atoms with Gasteiger partial charge in [-0.15, -0.1) is 0 Å². The number of carbonyl (C=O) groups is 1. The number of nitrogens with zero attached hydrogens (tertiary/aromatic N) is 2. The van der Waals surface area contributed by atoms with Crippen LogP contribution in [0.25, 0.3) is 0 Å². The average Bonchev–Trinajstić information content (AvgIpc) is 3.18. The Morgan fingerprint density at radius 3 is 2.90 bits per heavy atom. The summed E-state index contributed by atoms with van der Waals surface area (Å²) in [5.74, 6) is 0.949. The molecule has 1 saturated carbocycles. The summed E-state index contributed by atoms with van der Waals surface area (Å²) in [4.78, 5) is 12.4.